The highest BCUT2D eigenvalue weighted by Crippen LogP contribution is 2.35. The van der Waals surface area contributed by atoms with Crippen LogP contribution in [0.25, 0.3) is 0 Å². The van der Waals surface area contributed by atoms with Gasteiger partial charge in [0.1, 0.15) is 6.10 Å². The Labute approximate surface area is 165 Å². The fourth-order valence-corrected chi connectivity index (χ4v) is 4.46. The van der Waals surface area contributed by atoms with Gasteiger partial charge in [-0.2, -0.15) is 4.72 Å². The Balaban J connectivity index is 1.88. The number of aryl methyl sites for hydroxylation is 1. The van der Waals surface area contributed by atoms with Gasteiger partial charge in [0, 0.05) is 6.42 Å². The predicted octanol–water partition coefficient (Wildman–Crippen LogP) is 2.50. The number of hydrogen-bond acceptors (Lipinski definition) is 5. The molecule has 2 aromatic carbocycles. The van der Waals surface area contributed by atoms with Crippen LogP contribution < -0.4 is 4.72 Å². The molecular weight excluding hydrogens is 378 g/mol. The zero-order valence-electron chi connectivity index (χ0n) is 16.1. The molecule has 0 bridgehead atoms. The first kappa shape index (κ1) is 20.5. The first-order chi connectivity index (χ1) is 13.2. The Morgan fingerprint density at radius 1 is 1.14 bits per heavy atom. The lowest BCUT2D eigenvalue weighted by Gasteiger charge is -2.24. The fraction of sp³-hybridized carbons (Fsp3) is 0.381. The number of carbonyl (C=O) groups is 1. The molecule has 7 heteroatoms. The molecule has 0 aliphatic heterocycles. The van der Waals surface area contributed by atoms with Crippen molar-refractivity contribution in [1.82, 2.24) is 4.72 Å². The Hall–Kier alpha value is -2.22. The van der Waals surface area contributed by atoms with Crippen LogP contribution in [0, 0.1) is 12.8 Å². The van der Waals surface area contributed by atoms with Crippen LogP contribution in [0.15, 0.2) is 53.4 Å². The van der Waals surface area contributed by atoms with Gasteiger partial charge in [0.15, 0.2) is 0 Å². The molecule has 0 aromatic heterocycles. The van der Waals surface area contributed by atoms with Crippen molar-refractivity contribution in [1.29, 1.82) is 0 Å². The van der Waals surface area contributed by atoms with Crippen molar-refractivity contribution in [3.05, 3.63) is 65.2 Å². The summed E-state index contributed by atoms with van der Waals surface area (Å²) in [5.74, 6) is -1.24. The first-order valence-corrected chi connectivity index (χ1v) is 10.7. The molecular formula is C21H25NO5S. The van der Waals surface area contributed by atoms with Gasteiger partial charge in [0.25, 0.3) is 0 Å². The minimum atomic E-state index is -3.80. The molecule has 4 atom stereocenters. The Bertz CT molecular complexity index is 953. The van der Waals surface area contributed by atoms with Crippen molar-refractivity contribution in [3.63, 3.8) is 0 Å². The van der Waals surface area contributed by atoms with Gasteiger partial charge in [-0.25, -0.2) is 8.42 Å². The topological polar surface area (TPSA) is 92.7 Å². The normalized spacial score (nSPS) is 21.0. The van der Waals surface area contributed by atoms with E-state index < -0.39 is 40.2 Å². The van der Waals surface area contributed by atoms with E-state index >= 15 is 0 Å². The quantitative estimate of drug-likeness (QED) is 0.723. The van der Waals surface area contributed by atoms with Crippen LogP contribution in [0.2, 0.25) is 0 Å². The molecule has 0 saturated heterocycles. The van der Waals surface area contributed by atoms with Gasteiger partial charge in [-0.3, -0.25) is 4.79 Å². The molecule has 2 N–H and O–H groups in total. The number of ether oxygens (including phenoxy) is 1. The number of aliphatic hydroxyl groups is 1. The molecule has 6 nitrogen and oxygen atoms in total. The molecule has 0 radical (unpaired) electrons. The maximum atomic E-state index is 12.9. The summed E-state index contributed by atoms with van der Waals surface area (Å²) in [4.78, 5) is 12.5. The standard InChI is InChI=1S/C21H25NO5S/c1-13-8-10-17(11-9-13)28(25,26)22-20-18-7-5-4-6-16(18)12-19(20)27-21(24)14(2)15(3)23/h4-11,14-15,19-20,22-23H,12H2,1-3H3. The average Bonchev–Trinajstić information content (AvgIpc) is 2.98. The minimum absolute atomic E-state index is 0.157. The van der Waals surface area contributed by atoms with Crippen molar-refractivity contribution in [2.75, 3.05) is 0 Å². The van der Waals surface area contributed by atoms with E-state index in [1.165, 1.54) is 6.92 Å². The van der Waals surface area contributed by atoms with Crippen molar-refractivity contribution < 1.29 is 23.1 Å². The lowest BCUT2D eigenvalue weighted by Crippen LogP contribution is -2.38. The van der Waals surface area contributed by atoms with E-state index in [9.17, 15) is 18.3 Å². The number of hydrogen-bond donors (Lipinski definition) is 2. The molecule has 0 fully saturated rings. The highest BCUT2D eigenvalue weighted by molar-refractivity contribution is 7.89. The van der Waals surface area contributed by atoms with E-state index in [4.69, 9.17) is 4.74 Å². The van der Waals surface area contributed by atoms with Gasteiger partial charge in [-0.05, 0) is 44.0 Å². The number of sulfonamides is 1. The van der Waals surface area contributed by atoms with Crippen molar-refractivity contribution in [3.8, 4) is 0 Å². The van der Waals surface area contributed by atoms with Crippen LogP contribution in [0.3, 0.4) is 0 Å². The van der Waals surface area contributed by atoms with Gasteiger partial charge < -0.3 is 9.84 Å². The summed E-state index contributed by atoms with van der Waals surface area (Å²) in [5, 5.41) is 9.65. The van der Waals surface area contributed by atoms with E-state index in [1.807, 2.05) is 31.2 Å². The number of aliphatic hydroxyl groups excluding tert-OH is 1. The van der Waals surface area contributed by atoms with Crippen LogP contribution >= 0.6 is 0 Å². The fourth-order valence-electron chi connectivity index (χ4n) is 3.21. The second-order valence-corrected chi connectivity index (χ2v) is 9.03. The summed E-state index contributed by atoms with van der Waals surface area (Å²) in [5.41, 5.74) is 2.69. The summed E-state index contributed by atoms with van der Waals surface area (Å²) in [6, 6.07) is 13.3. The third-order valence-corrected chi connectivity index (χ3v) is 6.62. The molecule has 2 aromatic rings. The molecule has 0 amide bonds. The second kappa shape index (κ2) is 8.03. The number of fused-ring (bicyclic) bond motifs is 1. The van der Waals surface area contributed by atoms with E-state index in [0.29, 0.717) is 6.42 Å². The number of rotatable bonds is 6. The summed E-state index contributed by atoms with van der Waals surface area (Å²) < 4.78 is 34.1. The van der Waals surface area contributed by atoms with Crippen LogP contribution in [0.4, 0.5) is 0 Å². The molecule has 0 saturated carbocycles. The van der Waals surface area contributed by atoms with Gasteiger partial charge in [0.05, 0.1) is 23.0 Å². The van der Waals surface area contributed by atoms with Gasteiger partial charge in [-0.1, -0.05) is 42.0 Å². The summed E-state index contributed by atoms with van der Waals surface area (Å²) in [6.07, 6.45) is -1.11. The summed E-state index contributed by atoms with van der Waals surface area (Å²) in [6.45, 7) is 4.99. The van der Waals surface area contributed by atoms with E-state index in [0.717, 1.165) is 16.7 Å². The number of benzene rings is 2. The highest BCUT2D eigenvalue weighted by Gasteiger charge is 2.39. The Morgan fingerprint density at radius 2 is 1.79 bits per heavy atom. The highest BCUT2D eigenvalue weighted by atomic mass is 32.2. The number of esters is 1. The van der Waals surface area contributed by atoms with E-state index in [1.54, 1.807) is 31.2 Å². The molecule has 3 rings (SSSR count). The smallest absolute Gasteiger partial charge is 0.311 e. The maximum absolute atomic E-state index is 12.9. The zero-order valence-corrected chi connectivity index (χ0v) is 16.9. The van der Waals surface area contributed by atoms with Gasteiger partial charge in [0.2, 0.25) is 10.0 Å². The van der Waals surface area contributed by atoms with E-state index in [2.05, 4.69) is 4.72 Å². The van der Waals surface area contributed by atoms with Crippen molar-refractivity contribution in [2.24, 2.45) is 5.92 Å². The van der Waals surface area contributed by atoms with Crippen LogP contribution in [0.5, 0.6) is 0 Å². The summed E-state index contributed by atoms with van der Waals surface area (Å²) in [7, 11) is -3.80. The summed E-state index contributed by atoms with van der Waals surface area (Å²) >= 11 is 0. The lowest BCUT2D eigenvalue weighted by molar-refractivity contribution is -0.157. The lowest BCUT2D eigenvalue weighted by atomic mass is 10.1. The first-order valence-electron chi connectivity index (χ1n) is 9.24. The zero-order chi connectivity index (χ0) is 20.5. The second-order valence-electron chi connectivity index (χ2n) is 7.32. The molecule has 0 heterocycles. The van der Waals surface area contributed by atoms with Crippen LogP contribution in [-0.2, 0) is 26.0 Å². The molecule has 150 valence electrons. The predicted molar refractivity (Wildman–Crippen MR) is 105 cm³/mol. The monoisotopic (exact) mass is 403 g/mol. The number of nitrogens with one attached hydrogen (secondary N) is 1. The minimum Gasteiger partial charge on any atom is -0.460 e. The third-order valence-electron chi connectivity index (χ3n) is 5.16. The van der Waals surface area contributed by atoms with E-state index in [-0.39, 0.29) is 4.90 Å². The largest absolute Gasteiger partial charge is 0.460 e. The Kier molecular flexibility index (Phi) is 5.88. The molecule has 1 aliphatic rings. The number of carbonyl (C=O) groups excluding carboxylic acids is 1. The van der Waals surface area contributed by atoms with Crippen molar-refractivity contribution in [2.45, 2.75) is 50.3 Å². The molecule has 4 unspecified atom stereocenters. The SMILES string of the molecule is Cc1ccc(S(=O)(=O)NC2c3ccccc3CC2OC(=O)C(C)C(C)O)cc1. The molecule has 1 aliphatic carbocycles. The van der Waals surface area contributed by atoms with Gasteiger partial charge >= 0.3 is 5.97 Å². The molecule has 28 heavy (non-hydrogen) atoms. The van der Waals surface area contributed by atoms with Crippen LogP contribution in [-0.4, -0.2) is 31.7 Å². The van der Waals surface area contributed by atoms with Crippen molar-refractivity contribution >= 4 is 16.0 Å². The maximum Gasteiger partial charge on any atom is 0.311 e. The van der Waals surface area contributed by atoms with Crippen LogP contribution in [0.1, 0.15) is 36.6 Å². The third kappa shape index (κ3) is 4.27. The van der Waals surface area contributed by atoms with Gasteiger partial charge in [-0.15, -0.1) is 0 Å². The molecule has 0 spiro atoms. The average molecular weight is 404 g/mol. The Morgan fingerprint density at radius 3 is 2.43 bits per heavy atom.